The molecule has 3 unspecified atom stereocenters. The van der Waals surface area contributed by atoms with E-state index in [9.17, 15) is 0 Å². The average molecular weight is 209 g/mol. The Bertz CT molecular complexity index is 268. The largest absolute Gasteiger partial charge is 0.307 e. The van der Waals surface area contributed by atoms with Gasteiger partial charge in [0.2, 0.25) is 0 Å². The summed E-state index contributed by atoms with van der Waals surface area (Å²) in [5.41, 5.74) is 1.44. The fourth-order valence-corrected chi connectivity index (χ4v) is 3.09. The summed E-state index contributed by atoms with van der Waals surface area (Å²) in [6, 6.07) is 3.48. The zero-order valence-corrected chi connectivity index (χ0v) is 9.81. The van der Waals surface area contributed by atoms with Gasteiger partial charge in [-0.3, -0.25) is 0 Å². The van der Waals surface area contributed by atoms with Crippen LogP contribution in [0.5, 0.6) is 0 Å². The second kappa shape index (κ2) is 4.45. The first-order valence-electron chi connectivity index (χ1n) is 5.55. The van der Waals surface area contributed by atoms with Gasteiger partial charge in [-0.15, -0.1) is 0 Å². The Kier molecular flexibility index (Phi) is 3.24. The van der Waals surface area contributed by atoms with Gasteiger partial charge in [0, 0.05) is 12.1 Å². The highest BCUT2D eigenvalue weighted by atomic mass is 32.1. The number of thiophene rings is 1. The van der Waals surface area contributed by atoms with Crippen LogP contribution in [0.4, 0.5) is 0 Å². The summed E-state index contributed by atoms with van der Waals surface area (Å²) in [7, 11) is 0. The molecule has 1 fully saturated rings. The Balaban J connectivity index is 1.91. The van der Waals surface area contributed by atoms with Crippen LogP contribution in [0.3, 0.4) is 0 Å². The van der Waals surface area contributed by atoms with E-state index in [1.54, 1.807) is 11.3 Å². The van der Waals surface area contributed by atoms with Crippen molar-refractivity contribution in [3.05, 3.63) is 22.4 Å². The molecule has 2 heteroatoms. The van der Waals surface area contributed by atoms with Crippen molar-refractivity contribution >= 4 is 11.3 Å². The van der Waals surface area contributed by atoms with Crippen LogP contribution in [-0.4, -0.2) is 6.04 Å². The lowest BCUT2D eigenvalue weighted by Gasteiger charge is -2.22. The van der Waals surface area contributed by atoms with Gasteiger partial charge in [-0.2, -0.15) is 11.3 Å². The molecule has 0 spiro atoms. The predicted molar refractivity (Wildman–Crippen MR) is 62.7 cm³/mol. The maximum Gasteiger partial charge on any atom is 0.0302 e. The monoisotopic (exact) mass is 209 g/mol. The Labute approximate surface area is 90.5 Å². The maximum absolute atomic E-state index is 3.74. The van der Waals surface area contributed by atoms with Crippen molar-refractivity contribution in [3.63, 3.8) is 0 Å². The van der Waals surface area contributed by atoms with Crippen molar-refractivity contribution in [3.8, 4) is 0 Å². The molecule has 0 amide bonds. The van der Waals surface area contributed by atoms with Crippen LogP contribution in [-0.2, 0) is 0 Å². The third kappa shape index (κ3) is 2.18. The SMILES string of the molecule is CC(NC1CCCC1C)c1ccsc1. The van der Waals surface area contributed by atoms with Gasteiger partial charge in [0.1, 0.15) is 0 Å². The molecule has 1 N–H and O–H groups in total. The van der Waals surface area contributed by atoms with E-state index < -0.39 is 0 Å². The van der Waals surface area contributed by atoms with E-state index in [4.69, 9.17) is 0 Å². The molecular formula is C12H19NS. The average Bonchev–Trinajstić information content (AvgIpc) is 2.77. The Morgan fingerprint density at radius 1 is 1.50 bits per heavy atom. The first-order valence-corrected chi connectivity index (χ1v) is 6.50. The molecule has 1 heterocycles. The van der Waals surface area contributed by atoms with Gasteiger partial charge in [0.05, 0.1) is 0 Å². The highest BCUT2D eigenvalue weighted by molar-refractivity contribution is 7.07. The summed E-state index contributed by atoms with van der Waals surface area (Å²) in [6.07, 6.45) is 4.15. The van der Waals surface area contributed by atoms with Gasteiger partial charge in [-0.1, -0.05) is 13.3 Å². The van der Waals surface area contributed by atoms with Crippen molar-refractivity contribution in [1.29, 1.82) is 0 Å². The molecule has 0 saturated heterocycles. The lowest BCUT2D eigenvalue weighted by Crippen LogP contribution is -2.33. The molecule has 78 valence electrons. The van der Waals surface area contributed by atoms with Crippen molar-refractivity contribution in [1.82, 2.24) is 5.32 Å². The van der Waals surface area contributed by atoms with Gasteiger partial charge in [0.15, 0.2) is 0 Å². The third-order valence-electron chi connectivity index (χ3n) is 3.37. The number of rotatable bonds is 3. The maximum atomic E-state index is 3.74. The molecule has 14 heavy (non-hydrogen) atoms. The van der Waals surface area contributed by atoms with Gasteiger partial charge in [-0.25, -0.2) is 0 Å². The highest BCUT2D eigenvalue weighted by Gasteiger charge is 2.24. The van der Waals surface area contributed by atoms with Crippen LogP contribution in [0.2, 0.25) is 0 Å². The van der Waals surface area contributed by atoms with Crippen LogP contribution in [0.15, 0.2) is 16.8 Å². The first kappa shape index (κ1) is 10.2. The van der Waals surface area contributed by atoms with Crippen molar-refractivity contribution in [2.24, 2.45) is 5.92 Å². The van der Waals surface area contributed by atoms with Crippen molar-refractivity contribution < 1.29 is 0 Å². The molecule has 1 aliphatic carbocycles. The van der Waals surface area contributed by atoms with Gasteiger partial charge >= 0.3 is 0 Å². The lowest BCUT2D eigenvalue weighted by atomic mass is 10.0. The predicted octanol–water partition coefficient (Wildman–Crippen LogP) is 3.59. The first-order chi connectivity index (χ1) is 6.77. The van der Waals surface area contributed by atoms with E-state index in [2.05, 4.69) is 36.0 Å². The molecular weight excluding hydrogens is 190 g/mol. The molecule has 0 aliphatic heterocycles. The standard InChI is InChI=1S/C12H19NS/c1-9-4-3-5-12(9)13-10(2)11-6-7-14-8-11/h6-10,12-13H,3-5H2,1-2H3. The zero-order valence-electron chi connectivity index (χ0n) is 8.99. The minimum absolute atomic E-state index is 0.520. The summed E-state index contributed by atoms with van der Waals surface area (Å²) in [6.45, 7) is 4.64. The molecule has 1 aromatic heterocycles. The van der Waals surface area contributed by atoms with Crippen LogP contribution in [0, 0.1) is 5.92 Å². The van der Waals surface area contributed by atoms with Crippen LogP contribution in [0.25, 0.3) is 0 Å². The minimum Gasteiger partial charge on any atom is -0.307 e. The minimum atomic E-state index is 0.520. The van der Waals surface area contributed by atoms with Gasteiger partial charge < -0.3 is 5.32 Å². The summed E-state index contributed by atoms with van der Waals surface area (Å²) in [4.78, 5) is 0. The van der Waals surface area contributed by atoms with Crippen LogP contribution in [0.1, 0.15) is 44.7 Å². The molecule has 2 rings (SSSR count). The molecule has 3 atom stereocenters. The topological polar surface area (TPSA) is 12.0 Å². The molecule has 0 bridgehead atoms. The number of hydrogen-bond acceptors (Lipinski definition) is 2. The van der Waals surface area contributed by atoms with E-state index in [0.717, 1.165) is 12.0 Å². The highest BCUT2D eigenvalue weighted by Crippen LogP contribution is 2.27. The van der Waals surface area contributed by atoms with E-state index in [-0.39, 0.29) is 0 Å². The Morgan fingerprint density at radius 2 is 2.36 bits per heavy atom. The molecule has 1 saturated carbocycles. The summed E-state index contributed by atoms with van der Waals surface area (Å²) >= 11 is 1.79. The normalized spacial score (nSPS) is 29.3. The number of nitrogens with one attached hydrogen (secondary N) is 1. The van der Waals surface area contributed by atoms with Crippen molar-refractivity contribution in [2.45, 2.75) is 45.2 Å². The number of hydrogen-bond donors (Lipinski definition) is 1. The fourth-order valence-electron chi connectivity index (χ4n) is 2.33. The summed E-state index contributed by atoms with van der Waals surface area (Å²) < 4.78 is 0. The summed E-state index contributed by atoms with van der Waals surface area (Å²) in [5, 5.41) is 8.14. The van der Waals surface area contributed by atoms with E-state index in [0.29, 0.717) is 6.04 Å². The smallest absolute Gasteiger partial charge is 0.0302 e. The Hall–Kier alpha value is -0.340. The summed E-state index contributed by atoms with van der Waals surface area (Å²) in [5.74, 6) is 0.857. The van der Waals surface area contributed by atoms with E-state index in [1.165, 1.54) is 24.8 Å². The van der Waals surface area contributed by atoms with Crippen molar-refractivity contribution in [2.75, 3.05) is 0 Å². The quantitative estimate of drug-likeness (QED) is 0.802. The fraction of sp³-hybridized carbons (Fsp3) is 0.667. The second-order valence-corrected chi connectivity index (χ2v) is 5.24. The molecule has 0 aromatic carbocycles. The van der Waals surface area contributed by atoms with E-state index >= 15 is 0 Å². The zero-order chi connectivity index (χ0) is 9.97. The van der Waals surface area contributed by atoms with Gasteiger partial charge in [0.25, 0.3) is 0 Å². The molecule has 0 radical (unpaired) electrons. The molecule has 1 nitrogen and oxygen atoms in total. The second-order valence-electron chi connectivity index (χ2n) is 4.46. The van der Waals surface area contributed by atoms with Gasteiger partial charge in [-0.05, 0) is 48.1 Å². The third-order valence-corrected chi connectivity index (χ3v) is 4.07. The Morgan fingerprint density at radius 3 is 2.93 bits per heavy atom. The van der Waals surface area contributed by atoms with E-state index in [1.807, 2.05) is 0 Å². The molecule has 1 aliphatic rings. The lowest BCUT2D eigenvalue weighted by molar-refractivity contribution is 0.389. The van der Waals surface area contributed by atoms with Crippen LogP contribution >= 0.6 is 11.3 Å². The molecule has 1 aromatic rings. The van der Waals surface area contributed by atoms with Crippen LogP contribution < -0.4 is 5.32 Å².